The van der Waals surface area contributed by atoms with E-state index in [0.717, 1.165) is 18.8 Å². The van der Waals surface area contributed by atoms with Crippen molar-refractivity contribution in [1.82, 2.24) is 14.9 Å². The third-order valence-corrected chi connectivity index (χ3v) is 4.90. The van der Waals surface area contributed by atoms with Crippen LogP contribution in [0.2, 0.25) is 0 Å². The normalized spacial score (nSPS) is 12.7. The third kappa shape index (κ3) is 2.92. The van der Waals surface area contributed by atoms with Gasteiger partial charge in [0.05, 0.1) is 5.69 Å². The van der Waals surface area contributed by atoms with Crippen LogP contribution in [0.3, 0.4) is 0 Å². The first-order valence-corrected chi connectivity index (χ1v) is 8.92. The van der Waals surface area contributed by atoms with Gasteiger partial charge in [-0.2, -0.15) is 0 Å². The van der Waals surface area contributed by atoms with E-state index in [0.29, 0.717) is 0 Å². The van der Waals surface area contributed by atoms with E-state index in [1.807, 2.05) is 18.3 Å². The van der Waals surface area contributed by atoms with Gasteiger partial charge in [0.25, 0.3) is 0 Å². The Bertz CT molecular complexity index is 1000. The first kappa shape index (κ1) is 15.9. The van der Waals surface area contributed by atoms with Gasteiger partial charge in [0.1, 0.15) is 0 Å². The van der Waals surface area contributed by atoms with Crippen LogP contribution < -0.4 is 5.32 Å². The number of nitrogens with zero attached hydrogens (tertiary/aromatic N) is 2. The van der Waals surface area contributed by atoms with Gasteiger partial charge in [0.15, 0.2) is 0 Å². The predicted octanol–water partition coefficient (Wildman–Crippen LogP) is 5.06. The summed E-state index contributed by atoms with van der Waals surface area (Å²) < 4.78 is 2.39. The highest BCUT2D eigenvalue weighted by Crippen LogP contribution is 2.29. The van der Waals surface area contributed by atoms with Crippen molar-refractivity contribution >= 4 is 21.8 Å². The Morgan fingerprint density at radius 3 is 2.56 bits per heavy atom. The van der Waals surface area contributed by atoms with Crippen molar-refractivity contribution in [2.24, 2.45) is 0 Å². The Kier molecular flexibility index (Phi) is 4.24. The topological polar surface area (TPSA) is 29.9 Å². The Morgan fingerprint density at radius 2 is 1.76 bits per heavy atom. The maximum Gasteiger partial charge on any atom is 0.0570 e. The molecule has 4 aromatic rings. The highest BCUT2D eigenvalue weighted by atomic mass is 15.0. The van der Waals surface area contributed by atoms with E-state index >= 15 is 0 Å². The van der Waals surface area contributed by atoms with Crippen molar-refractivity contribution in [3.8, 4) is 0 Å². The minimum atomic E-state index is 0.230. The molecule has 25 heavy (non-hydrogen) atoms. The molecule has 0 aliphatic rings. The average Bonchev–Trinajstić information content (AvgIpc) is 3.00. The number of hydrogen-bond acceptors (Lipinski definition) is 2. The molecule has 1 N–H and O–H groups in total. The molecule has 0 spiro atoms. The van der Waals surface area contributed by atoms with Crippen LogP contribution in [0.5, 0.6) is 0 Å². The fourth-order valence-electron chi connectivity index (χ4n) is 3.56. The summed E-state index contributed by atoms with van der Waals surface area (Å²) in [5.74, 6) is 0. The largest absolute Gasteiger partial charge is 0.341 e. The standard InChI is InChI=1S/C22H23N3/c1-3-25-21-10-5-4-8-18(21)19-14-17(11-12-22(19)25)15-24-16(2)20-9-6-7-13-23-20/h4-14,16,24H,3,15H2,1-2H3/t16-/m0/s1. The molecule has 1 atom stereocenters. The molecule has 4 rings (SSSR count). The number of aromatic nitrogens is 2. The molecule has 0 aliphatic carbocycles. The van der Waals surface area contributed by atoms with Crippen molar-refractivity contribution in [2.75, 3.05) is 0 Å². The number of rotatable bonds is 5. The molecule has 0 saturated carbocycles. The second-order valence-electron chi connectivity index (χ2n) is 6.47. The van der Waals surface area contributed by atoms with Crippen LogP contribution in [-0.4, -0.2) is 9.55 Å². The van der Waals surface area contributed by atoms with Crippen molar-refractivity contribution in [1.29, 1.82) is 0 Å². The van der Waals surface area contributed by atoms with Crippen molar-refractivity contribution in [3.05, 3.63) is 78.1 Å². The summed E-state index contributed by atoms with van der Waals surface area (Å²) in [5.41, 5.74) is 5.00. The zero-order valence-corrected chi connectivity index (χ0v) is 14.7. The summed E-state index contributed by atoms with van der Waals surface area (Å²) in [6.45, 7) is 6.18. The molecule has 2 heterocycles. The van der Waals surface area contributed by atoms with Gasteiger partial charge in [-0.05, 0) is 49.7 Å². The van der Waals surface area contributed by atoms with Crippen molar-refractivity contribution < 1.29 is 0 Å². The number of aryl methyl sites for hydroxylation is 1. The van der Waals surface area contributed by atoms with E-state index in [-0.39, 0.29) is 6.04 Å². The van der Waals surface area contributed by atoms with Gasteiger partial charge in [-0.25, -0.2) is 0 Å². The molecule has 0 unspecified atom stereocenters. The van der Waals surface area contributed by atoms with Crippen LogP contribution in [0.15, 0.2) is 66.9 Å². The van der Waals surface area contributed by atoms with E-state index in [4.69, 9.17) is 0 Å². The summed E-state index contributed by atoms with van der Waals surface area (Å²) in [6, 6.07) is 21.7. The lowest BCUT2D eigenvalue weighted by atomic mass is 10.1. The van der Waals surface area contributed by atoms with Crippen LogP contribution in [0.4, 0.5) is 0 Å². The lowest BCUT2D eigenvalue weighted by molar-refractivity contribution is 0.562. The van der Waals surface area contributed by atoms with E-state index in [1.54, 1.807) is 0 Å². The highest BCUT2D eigenvalue weighted by Gasteiger charge is 2.10. The quantitative estimate of drug-likeness (QED) is 0.554. The Morgan fingerprint density at radius 1 is 0.960 bits per heavy atom. The molecule has 126 valence electrons. The number of pyridine rings is 1. The number of hydrogen-bond donors (Lipinski definition) is 1. The highest BCUT2D eigenvalue weighted by molar-refractivity contribution is 6.08. The first-order valence-electron chi connectivity index (χ1n) is 8.92. The molecule has 3 nitrogen and oxygen atoms in total. The molecule has 0 aliphatic heterocycles. The third-order valence-electron chi connectivity index (χ3n) is 4.90. The molecule has 0 amide bonds. The van der Waals surface area contributed by atoms with Gasteiger partial charge in [-0.15, -0.1) is 0 Å². The molecule has 2 aromatic heterocycles. The van der Waals surface area contributed by atoms with E-state index in [1.165, 1.54) is 27.4 Å². The monoisotopic (exact) mass is 329 g/mol. The first-order chi connectivity index (χ1) is 12.3. The molecule has 3 heteroatoms. The smallest absolute Gasteiger partial charge is 0.0570 e. The Labute approximate surface area is 148 Å². The van der Waals surface area contributed by atoms with Gasteiger partial charge < -0.3 is 9.88 Å². The van der Waals surface area contributed by atoms with Crippen LogP contribution >= 0.6 is 0 Å². The zero-order chi connectivity index (χ0) is 17.2. The fraction of sp³-hybridized carbons (Fsp3) is 0.227. The van der Waals surface area contributed by atoms with E-state index in [9.17, 15) is 0 Å². The van der Waals surface area contributed by atoms with Gasteiger partial charge in [0.2, 0.25) is 0 Å². The number of fused-ring (bicyclic) bond motifs is 3. The summed E-state index contributed by atoms with van der Waals surface area (Å²) in [7, 11) is 0. The van der Waals surface area contributed by atoms with E-state index < -0.39 is 0 Å². The molecular formula is C22H23N3. The minimum Gasteiger partial charge on any atom is -0.341 e. The predicted molar refractivity (Wildman–Crippen MR) is 105 cm³/mol. The fourth-order valence-corrected chi connectivity index (χ4v) is 3.56. The second kappa shape index (κ2) is 6.69. The summed E-state index contributed by atoms with van der Waals surface area (Å²) >= 11 is 0. The van der Waals surface area contributed by atoms with Crippen LogP contribution in [-0.2, 0) is 13.1 Å². The maximum absolute atomic E-state index is 4.43. The second-order valence-corrected chi connectivity index (χ2v) is 6.47. The number of para-hydroxylation sites is 1. The van der Waals surface area contributed by atoms with Gasteiger partial charge in [0, 0.05) is 47.1 Å². The lowest BCUT2D eigenvalue weighted by Crippen LogP contribution is -2.18. The maximum atomic E-state index is 4.43. The Hall–Kier alpha value is -2.65. The van der Waals surface area contributed by atoms with Crippen molar-refractivity contribution in [3.63, 3.8) is 0 Å². The molecule has 0 saturated heterocycles. The van der Waals surface area contributed by atoms with Crippen LogP contribution in [0, 0.1) is 0 Å². The lowest BCUT2D eigenvalue weighted by Gasteiger charge is -2.13. The zero-order valence-electron chi connectivity index (χ0n) is 14.7. The van der Waals surface area contributed by atoms with Gasteiger partial charge >= 0.3 is 0 Å². The molecule has 0 bridgehead atoms. The SMILES string of the molecule is CCn1c2ccccc2c2cc(CN[C@@H](C)c3ccccn3)ccc21. The van der Waals surface area contributed by atoms with Gasteiger partial charge in [-0.1, -0.05) is 30.3 Å². The Balaban J connectivity index is 1.64. The number of nitrogens with one attached hydrogen (secondary N) is 1. The summed E-state index contributed by atoms with van der Waals surface area (Å²) in [5, 5.41) is 6.25. The van der Waals surface area contributed by atoms with Crippen LogP contribution in [0.25, 0.3) is 21.8 Å². The van der Waals surface area contributed by atoms with Gasteiger partial charge in [-0.3, -0.25) is 4.98 Å². The van der Waals surface area contributed by atoms with Crippen LogP contribution in [0.1, 0.15) is 31.1 Å². The average molecular weight is 329 g/mol. The molecule has 0 fully saturated rings. The van der Waals surface area contributed by atoms with Crippen molar-refractivity contribution in [2.45, 2.75) is 33.0 Å². The molecule has 0 radical (unpaired) electrons. The minimum absolute atomic E-state index is 0.230. The van der Waals surface area contributed by atoms with E-state index in [2.05, 4.69) is 77.2 Å². The summed E-state index contributed by atoms with van der Waals surface area (Å²) in [6.07, 6.45) is 1.85. The summed E-state index contributed by atoms with van der Waals surface area (Å²) in [4.78, 5) is 4.43. The molecule has 2 aromatic carbocycles. The molecular weight excluding hydrogens is 306 g/mol. The number of benzene rings is 2.